The molecule has 0 aliphatic rings. The molecule has 0 bridgehead atoms. The lowest BCUT2D eigenvalue weighted by atomic mass is 10.1. The highest BCUT2D eigenvalue weighted by Gasteiger charge is 2.27. The van der Waals surface area contributed by atoms with Crippen molar-refractivity contribution in [3.63, 3.8) is 0 Å². The average Bonchev–Trinajstić information content (AvgIpc) is 3.11. The van der Waals surface area contributed by atoms with Crippen molar-refractivity contribution in [1.82, 2.24) is 19.3 Å². The third kappa shape index (κ3) is 3.83. The number of hydrogen-bond acceptors (Lipinski definition) is 6. The number of halogens is 2. The third-order valence-electron chi connectivity index (χ3n) is 4.01. The highest BCUT2D eigenvalue weighted by molar-refractivity contribution is 6.30. The molecule has 0 saturated heterocycles. The molecule has 0 spiro atoms. The predicted octanol–water partition coefficient (Wildman–Crippen LogP) is 1.68. The van der Waals surface area contributed by atoms with Gasteiger partial charge in [-0.2, -0.15) is 4.98 Å². The monoisotopic (exact) mass is 394 g/mol. The first-order chi connectivity index (χ1) is 12.8. The van der Waals surface area contributed by atoms with Gasteiger partial charge >= 0.3 is 5.69 Å². The minimum Gasteiger partial charge on any atom is -0.385 e. The summed E-state index contributed by atoms with van der Waals surface area (Å²) in [4.78, 5) is 28.1. The number of aliphatic hydroxyl groups excluding tert-OH is 1. The predicted molar refractivity (Wildman–Crippen MR) is 94.3 cm³/mol. The fourth-order valence-electron chi connectivity index (χ4n) is 2.58. The van der Waals surface area contributed by atoms with Gasteiger partial charge in [-0.3, -0.25) is 9.36 Å². The molecule has 10 heteroatoms. The van der Waals surface area contributed by atoms with Crippen molar-refractivity contribution in [2.45, 2.75) is 25.7 Å². The van der Waals surface area contributed by atoms with Crippen LogP contribution in [0.5, 0.6) is 0 Å². The number of aryl methyl sites for hydroxylation is 2. The fraction of sp³-hybridized carbons (Fsp3) is 0.294. The number of benzene rings is 1. The van der Waals surface area contributed by atoms with Crippen molar-refractivity contribution in [2.24, 2.45) is 7.05 Å². The lowest BCUT2D eigenvalue weighted by Crippen LogP contribution is -2.40. The van der Waals surface area contributed by atoms with Gasteiger partial charge in [0.25, 0.3) is 5.56 Å². The summed E-state index contributed by atoms with van der Waals surface area (Å²) in [5.41, 5.74) is -0.417. The molecule has 0 aliphatic carbocycles. The van der Waals surface area contributed by atoms with Crippen LogP contribution in [-0.2, 0) is 13.6 Å². The van der Waals surface area contributed by atoms with Crippen molar-refractivity contribution in [3.05, 3.63) is 79.2 Å². The molecule has 8 nitrogen and oxygen atoms in total. The standard InChI is InChI=1S/C17H16ClFN4O4/c1-9-7-22(2)17(26)23(16(9)25)8-12-20-15(21-27-12)13(19)14(24)10-3-5-11(18)6-4-10/h3-7,13-14,24H,8H2,1-2H3/t13?,14-/m0/s1. The Kier molecular flexibility index (Phi) is 5.24. The summed E-state index contributed by atoms with van der Waals surface area (Å²) < 4.78 is 21.7. The fourth-order valence-corrected chi connectivity index (χ4v) is 2.71. The van der Waals surface area contributed by atoms with E-state index in [1.165, 1.54) is 42.1 Å². The summed E-state index contributed by atoms with van der Waals surface area (Å²) in [5.74, 6) is -0.509. The molecular formula is C17H16ClFN4O4. The highest BCUT2D eigenvalue weighted by atomic mass is 35.5. The first kappa shape index (κ1) is 19.0. The minimum absolute atomic E-state index is 0.124. The van der Waals surface area contributed by atoms with Crippen LogP contribution < -0.4 is 11.2 Å². The first-order valence-electron chi connectivity index (χ1n) is 7.95. The van der Waals surface area contributed by atoms with Crippen molar-refractivity contribution < 1.29 is 14.0 Å². The molecule has 0 radical (unpaired) electrons. The van der Waals surface area contributed by atoms with E-state index in [2.05, 4.69) is 10.1 Å². The van der Waals surface area contributed by atoms with Crippen LogP contribution in [0.4, 0.5) is 4.39 Å². The summed E-state index contributed by atoms with van der Waals surface area (Å²) in [6, 6.07) is 6.01. The molecule has 1 N–H and O–H groups in total. The summed E-state index contributed by atoms with van der Waals surface area (Å²) >= 11 is 5.77. The van der Waals surface area contributed by atoms with E-state index in [1.54, 1.807) is 6.92 Å². The van der Waals surface area contributed by atoms with Gasteiger partial charge in [0.05, 0.1) is 0 Å². The topological polar surface area (TPSA) is 103 Å². The van der Waals surface area contributed by atoms with Crippen molar-refractivity contribution >= 4 is 11.6 Å². The van der Waals surface area contributed by atoms with Gasteiger partial charge in [-0.05, 0) is 24.6 Å². The van der Waals surface area contributed by atoms with Gasteiger partial charge in [0.15, 0.2) is 6.17 Å². The molecular weight excluding hydrogens is 379 g/mol. The number of nitrogens with zero attached hydrogens (tertiary/aromatic N) is 4. The molecule has 1 aromatic carbocycles. The smallest absolute Gasteiger partial charge is 0.331 e. The van der Waals surface area contributed by atoms with Crippen molar-refractivity contribution in [2.75, 3.05) is 0 Å². The van der Waals surface area contributed by atoms with Crippen molar-refractivity contribution in [1.29, 1.82) is 0 Å². The molecule has 27 heavy (non-hydrogen) atoms. The number of aliphatic hydroxyl groups is 1. The summed E-state index contributed by atoms with van der Waals surface area (Å²) in [6.45, 7) is 1.27. The van der Waals surface area contributed by atoms with E-state index in [-0.39, 0.29) is 18.3 Å². The molecule has 142 valence electrons. The molecule has 2 atom stereocenters. The first-order valence-corrected chi connectivity index (χ1v) is 8.33. The number of alkyl halides is 1. The van der Waals surface area contributed by atoms with E-state index in [9.17, 15) is 19.1 Å². The van der Waals surface area contributed by atoms with Gasteiger partial charge in [0, 0.05) is 23.8 Å². The Hall–Kier alpha value is -2.78. The largest absolute Gasteiger partial charge is 0.385 e. The third-order valence-corrected chi connectivity index (χ3v) is 4.27. The molecule has 0 aliphatic heterocycles. The molecule has 1 unspecified atom stereocenters. The van der Waals surface area contributed by atoms with E-state index >= 15 is 0 Å². The summed E-state index contributed by atoms with van der Waals surface area (Å²) in [5, 5.41) is 14.1. The van der Waals surface area contributed by atoms with Gasteiger partial charge in [0.1, 0.15) is 12.6 Å². The normalized spacial score (nSPS) is 13.5. The van der Waals surface area contributed by atoms with Crippen LogP contribution in [0.3, 0.4) is 0 Å². The van der Waals surface area contributed by atoms with Crippen LogP contribution >= 0.6 is 11.6 Å². The Bertz CT molecular complexity index is 1040. The SMILES string of the molecule is Cc1cn(C)c(=O)n(Cc2nc(C(F)[C@@H](O)c3ccc(Cl)cc3)no2)c1=O. The van der Waals surface area contributed by atoms with Crippen LogP contribution in [0, 0.1) is 6.92 Å². The molecule has 3 aromatic rings. The maximum atomic E-state index is 14.6. The van der Waals surface area contributed by atoms with E-state index in [0.29, 0.717) is 16.1 Å². The van der Waals surface area contributed by atoms with Crippen LogP contribution in [-0.4, -0.2) is 24.4 Å². The number of hydrogen-bond donors (Lipinski definition) is 1. The molecule has 0 fully saturated rings. The van der Waals surface area contributed by atoms with E-state index in [4.69, 9.17) is 16.1 Å². The zero-order valence-corrected chi connectivity index (χ0v) is 15.2. The van der Waals surface area contributed by atoms with Crippen LogP contribution in [0.15, 0.2) is 44.6 Å². The average molecular weight is 395 g/mol. The maximum absolute atomic E-state index is 14.6. The van der Waals surface area contributed by atoms with Gasteiger partial charge in [-0.15, -0.1) is 0 Å². The Morgan fingerprint density at radius 3 is 2.63 bits per heavy atom. The molecule has 2 aromatic heterocycles. The van der Waals surface area contributed by atoms with Crippen LogP contribution in [0.1, 0.15) is 35.1 Å². The Balaban J connectivity index is 1.84. The molecule has 0 amide bonds. The highest BCUT2D eigenvalue weighted by Crippen LogP contribution is 2.31. The molecule has 3 rings (SSSR count). The van der Waals surface area contributed by atoms with E-state index in [1.807, 2.05) is 0 Å². The van der Waals surface area contributed by atoms with Crippen LogP contribution in [0.2, 0.25) is 5.02 Å². The Labute approximate surface area is 157 Å². The number of aromatic nitrogens is 4. The number of rotatable bonds is 5. The van der Waals surface area contributed by atoms with Gasteiger partial charge in [-0.1, -0.05) is 28.9 Å². The molecule has 0 saturated carbocycles. The quantitative estimate of drug-likeness (QED) is 0.706. The maximum Gasteiger partial charge on any atom is 0.331 e. The lowest BCUT2D eigenvalue weighted by Gasteiger charge is -2.12. The summed E-state index contributed by atoms with van der Waals surface area (Å²) in [7, 11) is 1.50. The van der Waals surface area contributed by atoms with Crippen LogP contribution in [0.25, 0.3) is 0 Å². The summed E-state index contributed by atoms with van der Waals surface area (Å²) in [6.07, 6.45) is -2.07. The van der Waals surface area contributed by atoms with Gasteiger partial charge in [-0.25, -0.2) is 9.18 Å². The molecule has 2 heterocycles. The minimum atomic E-state index is -1.96. The van der Waals surface area contributed by atoms with Gasteiger partial charge in [0.2, 0.25) is 11.7 Å². The van der Waals surface area contributed by atoms with E-state index in [0.717, 1.165) is 4.57 Å². The Morgan fingerprint density at radius 1 is 1.30 bits per heavy atom. The van der Waals surface area contributed by atoms with Gasteiger partial charge < -0.3 is 14.2 Å². The zero-order valence-electron chi connectivity index (χ0n) is 14.5. The zero-order chi connectivity index (χ0) is 19.7. The lowest BCUT2D eigenvalue weighted by molar-refractivity contribution is 0.0708. The second kappa shape index (κ2) is 7.45. The Morgan fingerprint density at radius 2 is 1.96 bits per heavy atom. The van der Waals surface area contributed by atoms with Crippen molar-refractivity contribution in [3.8, 4) is 0 Å². The second-order valence-corrected chi connectivity index (χ2v) is 6.48. The van der Waals surface area contributed by atoms with E-state index < -0.39 is 23.5 Å². The second-order valence-electron chi connectivity index (χ2n) is 6.04.